The largest absolute Gasteiger partial charge is 0.478 e. The number of rotatable bonds is 3. The van der Waals surface area contributed by atoms with Gasteiger partial charge in [-0.1, -0.05) is 0 Å². The molecule has 1 aromatic heterocycles. The lowest BCUT2D eigenvalue weighted by Crippen LogP contribution is -2.18. The Bertz CT molecular complexity index is 798. The number of aromatic carboxylic acids is 1. The monoisotopic (exact) mass is 299 g/mol. The van der Waals surface area contributed by atoms with Gasteiger partial charge in [0.25, 0.3) is 10.0 Å². The topological polar surface area (TPSA) is 115 Å². The minimum atomic E-state index is -4.35. The van der Waals surface area contributed by atoms with Crippen LogP contribution in [0.2, 0.25) is 0 Å². The summed E-state index contributed by atoms with van der Waals surface area (Å²) < 4.78 is 38.8. The highest BCUT2D eigenvalue weighted by molar-refractivity contribution is 7.89. The number of benzene rings is 1. The number of anilines is 1. The Morgan fingerprint density at radius 1 is 1.40 bits per heavy atom. The van der Waals surface area contributed by atoms with Gasteiger partial charge >= 0.3 is 5.97 Å². The fraction of sp³-hybridized carbons (Fsp3) is 0.0909. The molecule has 0 saturated carbocycles. The number of hydrogen-bond donors (Lipinski definition) is 2. The van der Waals surface area contributed by atoms with Gasteiger partial charge in [-0.25, -0.2) is 9.18 Å². The summed E-state index contributed by atoms with van der Waals surface area (Å²) in [6.45, 7) is 1.43. The molecule has 0 atom stereocenters. The maximum Gasteiger partial charge on any atom is 0.335 e. The molecule has 2 aromatic rings. The molecule has 1 aromatic carbocycles. The molecule has 1 heterocycles. The molecule has 0 fully saturated rings. The van der Waals surface area contributed by atoms with Crippen molar-refractivity contribution < 1.29 is 22.7 Å². The molecule has 7 nitrogen and oxygen atoms in total. The van der Waals surface area contributed by atoms with E-state index in [1.165, 1.54) is 13.0 Å². The van der Waals surface area contributed by atoms with E-state index in [1.54, 1.807) is 0 Å². The van der Waals surface area contributed by atoms with Crippen molar-refractivity contribution in [3.8, 4) is 0 Å². The number of carbonyl (C=O) groups is 1. The summed E-state index contributed by atoms with van der Waals surface area (Å²) >= 11 is 0. The molecule has 0 spiro atoms. The quantitative estimate of drug-likeness (QED) is 0.868. The number of aromatic nitrogens is 2. The van der Waals surface area contributed by atoms with Crippen molar-refractivity contribution in [1.29, 1.82) is 0 Å². The standard InChI is InChI=1S/C11H10FN3O4S/c1-6-4-10(13)14-15(6)20(18,19)9-5-7(11(16)17)2-3-8(9)12/h2-5H,1H3,(H2,13,14)(H,16,17). The number of aryl methyl sites for hydroxylation is 1. The summed E-state index contributed by atoms with van der Waals surface area (Å²) in [5.74, 6) is -2.47. The van der Waals surface area contributed by atoms with E-state index in [-0.39, 0.29) is 17.1 Å². The van der Waals surface area contributed by atoms with Gasteiger partial charge in [-0.05, 0) is 25.1 Å². The minimum Gasteiger partial charge on any atom is -0.478 e. The lowest BCUT2D eigenvalue weighted by atomic mass is 10.2. The van der Waals surface area contributed by atoms with Gasteiger partial charge in [-0.15, -0.1) is 5.10 Å². The van der Waals surface area contributed by atoms with Crippen LogP contribution in [0.15, 0.2) is 29.2 Å². The van der Waals surface area contributed by atoms with Crippen molar-refractivity contribution in [1.82, 2.24) is 9.19 Å². The lowest BCUT2D eigenvalue weighted by molar-refractivity contribution is 0.0696. The van der Waals surface area contributed by atoms with Crippen LogP contribution in [0.1, 0.15) is 16.1 Å². The summed E-state index contributed by atoms with van der Waals surface area (Å²) in [7, 11) is -4.35. The van der Waals surface area contributed by atoms with Crippen LogP contribution in [0.3, 0.4) is 0 Å². The molecule has 0 radical (unpaired) electrons. The van der Waals surface area contributed by atoms with Crippen LogP contribution < -0.4 is 5.73 Å². The molecule has 0 bridgehead atoms. The second-order valence-corrected chi connectivity index (χ2v) is 5.74. The highest BCUT2D eigenvalue weighted by Crippen LogP contribution is 2.21. The molecule has 0 amide bonds. The van der Waals surface area contributed by atoms with Crippen molar-refractivity contribution in [3.05, 3.63) is 41.3 Å². The van der Waals surface area contributed by atoms with Crippen molar-refractivity contribution in [2.75, 3.05) is 5.73 Å². The second-order valence-electron chi connectivity index (χ2n) is 4.01. The van der Waals surface area contributed by atoms with Crippen LogP contribution in [0.25, 0.3) is 0 Å². The number of hydrogen-bond acceptors (Lipinski definition) is 5. The summed E-state index contributed by atoms with van der Waals surface area (Å²) in [6.07, 6.45) is 0. The summed E-state index contributed by atoms with van der Waals surface area (Å²) in [5, 5.41) is 12.4. The third-order valence-electron chi connectivity index (χ3n) is 2.55. The Morgan fingerprint density at radius 2 is 2.05 bits per heavy atom. The fourth-order valence-corrected chi connectivity index (χ4v) is 3.06. The summed E-state index contributed by atoms with van der Waals surface area (Å²) in [6, 6.07) is 3.79. The maximum atomic E-state index is 13.7. The van der Waals surface area contributed by atoms with Crippen molar-refractivity contribution in [3.63, 3.8) is 0 Å². The van der Waals surface area contributed by atoms with Crippen molar-refractivity contribution >= 4 is 21.8 Å². The van der Waals surface area contributed by atoms with E-state index in [0.29, 0.717) is 4.09 Å². The predicted octanol–water partition coefficient (Wildman–Crippen LogP) is 0.848. The Labute approximate surface area is 113 Å². The number of nitrogen functional groups attached to an aromatic ring is 1. The Hall–Kier alpha value is -2.42. The smallest absolute Gasteiger partial charge is 0.335 e. The number of carboxylic acid groups (broad SMARTS) is 1. The van der Waals surface area contributed by atoms with Crippen molar-refractivity contribution in [2.45, 2.75) is 11.8 Å². The molecular weight excluding hydrogens is 289 g/mol. The molecule has 3 N–H and O–H groups in total. The molecule has 106 valence electrons. The molecule has 0 aliphatic heterocycles. The molecule has 20 heavy (non-hydrogen) atoms. The third kappa shape index (κ3) is 2.23. The van der Waals surface area contributed by atoms with Crippen LogP contribution >= 0.6 is 0 Å². The minimum absolute atomic E-state index is 0.0409. The van der Waals surface area contributed by atoms with E-state index in [0.717, 1.165) is 18.2 Å². The van der Waals surface area contributed by atoms with E-state index >= 15 is 0 Å². The zero-order valence-corrected chi connectivity index (χ0v) is 11.1. The normalized spacial score (nSPS) is 11.5. The first-order valence-corrected chi connectivity index (χ1v) is 6.78. The molecule has 0 aliphatic carbocycles. The predicted molar refractivity (Wildman–Crippen MR) is 67.3 cm³/mol. The third-order valence-corrected chi connectivity index (χ3v) is 4.24. The fourth-order valence-electron chi connectivity index (χ4n) is 1.65. The highest BCUT2D eigenvalue weighted by atomic mass is 32.2. The van der Waals surface area contributed by atoms with Crippen LogP contribution in [-0.4, -0.2) is 28.7 Å². The van der Waals surface area contributed by atoms with E-state index in [4.69, 9.17) is 10.8 Å². The number of nitrogens with zero attached hydrogens (tertiary/aromatic N) is 2. The van der Waals surface area contributed by atoms with Gasteiger partial charge in [0, 0.05) is 6.07 Å². The van der Waals surface area contributed by atoms with Crippen molar-refractivity contribution in [2.24, 2.45) is 0 Å². The Morgan fingerprint density at radius 3 is 2.55 bits per heavy atom. The van der Waals surface area contributed by atoms with E-state index < -0.39 is 26.7 Å². The van der Waals surface area contributed by atoms with Gasteiger partial charge in [0.15, 0.2) is 0 Å². The molecule has 0 saturated heterocycles. The first-order chi connectivity index (χ1) is 9.23. The summed E-state index contributed by atoms with van der Waals surface area (Å²) in [4.78, 5) is 10.1. The Kier molecular flexibility index (Phi) is 3.22. The van der Waals surface area contributed by atoms with E-state index in [2.05, 4.69) is 5.10 Å². The number of carboxylic acids is 1. The summed E-state index contributed by atoms with van der Waals surface area (Å²) in [5.41, 5.74) is 5.22. The molecule has 0 unspecified atom stereocenters. The van der Waals surface area contributed by atoms with Gasteiger partial charge in [-0.2, -0.15) is 12.5 Å². The molecular formula is C11H10FN3O4S. The van der Waals surface area contributed by atoms with Gasteiger partial charge in [0.05, 0.1) is 11.3 Å². The highest BCUT2D eigenvalue weighted by Gasteiger charge is 2.25. The molecule has 2 rings (SSSR count). The van der Waals surface area contributed by atoms with Gasteiger partial charge in [0.1, 0.15) is 16.5 Å². The van der Waals surface area contributed by atoms with Crippen LogP contribution in [-0.2, 0) is 10.0 Å². The first-order valence-electron chi connectivity index (χ1n) is 5.34. The van der Waals surface area contributed by atoms with E-state index in [1.807, 2.05) is 0 Å². The first kappa shape index (κ1) is 14.0. The second kappa shape index (κ2) is 4.60. The van der Waals surface area contributed by atoms with Gasteiger partial charge < -0.3 is 10.8 Å². The van der Waals surface area contributed by atoms with Gasteiger partial charge in [-0.3, -0.25) is 0 Å². The maximum absolute atomic E-state index is 13.7. The Balaban J connectivity index is 2.69. The SMILES string of the molecule is Cc1cc(N)nn1S(=O)(=O)c1cc(C(=O)O)ccc1F. The average molecular weight is 299 g/mol. The zero-order valence-electron chi connectivity index (χ0n) is 10.2. The van der Waals surface area contributed by atoms with Gasteiger partial charge in [0.2, 0.25) is 0 Å². The molecule has 0 aliphatic rings. The van der Waals surface area contributed by atoms with Crippen LogP contribution in [0.4, 0.5) is 10.2 Å². The van der Waals surface area contributed by atoms with Crippen LogP contribution in [0, 0.1) is 12.7 Å². The lowest BCUT2D eigenvalue weighted by Gasteiger charge is -2.08. The zero-order chi connectivity index (χ0) is 15.1. The van der Waals surface area contributed by atoms with E-state index in [9.17, 15) is 17.6 Å². The van der Waals surface area contributed by atoms with Crippen LogP contribution in [0.5, 0.6) is 0 Å². The number of nitrogens with two attached hydrogens (primary N) is 1. The average Bonchev–Trinajstić information content (AvgIpc) is 2.69. The molecule has 9 heteroatoms. The number of halogens is 1.